The molecule has 0 aliphatic carbocycles. The summed E-state index contributed by atoms with van der Waals surface area (Å²) in [5.74, 6) is -0.301. The zero-order chi connectivity index (χ0) is 15.6. The normalized spacial score (nSPS) is 12.3. The number of methoxy groups -OCH3 is 1. The van der Waals surface area contributed by atoms with Gasteiger partial charge in [-0.05, 0) is 68.7 Å². The first-order valence-corrected chi connectivity index (χ1v) is 7.71. The molecule has 0 spiro atoms. The molecule has 0 aromatic heterocycles. The van der Waals surface area contributed by atoms with Crippen molar-refractivity contribution in [1.29, 1.82) is 0 Å². The van der Waals surface area contributed by atoms with Gasteiger partial charge in [0.1, 0.15) is 17.4 Å². The third kappa shape index (κ3) is 3.44. The third-order valence-electron chi connectivity index (χ3n) is 3.15. The van der Waals surface area contributed by atoms with Crippen molar-refractivity contribution in [3.8, 4) is 5.75 Å². The molecule has 0 amide bonds. The van der Waals surface area contributed by atoms with Crippen molar-refractivity contribution in [2.75, 3.05) is 14.2 Å². The van der Waals surface area contributed by atoms with Crippen LogP contribution in [-0.4, -0.2) is 14.2 Å². The molecule has 0 heterocycles. The first-order valence-electron chi connectivity index (χ1n) is 6.13. The van der Waals surface area contributed by atoms with Gasteiger partial charge in [0.05, 0.1) is 22.1 Å². The van der Waals surface area contributed by atoms with Crippen molar-refractivity contribution in [2.24, 2.45) is 0 Å². The highest BCUT2D eigenvalue weighted by atomic mass is 79.9. The smallest absolute Gasteiger partial charge is 0.137 e. The van der Waals surface area contributed by atoms with Crippen LogP contribution >= 0.6 is 31.9 Å². The quantitative estimate of drug-likeness (QED) is 0.717. The van der Waals surface area contributed by atoms with Crippen LogP contribution in [0.5, 0.6) is 5.75 Å². The van der Waals surface area contributed by atoms with E-state index in [1.54, 1.807) is 20.2 Å². The third-order valence-corrected chi connectivity index (χ3v) is 4.38. The molecule has 0 saturated heterocycles. The number of benzene rings is 2. The predicted octanol–water partition coefficient (Wildman–Crippen LogP) is 4.81. The van der Waals surface area contributed by atoms with E-state index in [1.807, 2.05) is 12.1 Å². The Morgan fingerprint density at radius 2 is 1.76 bits per heavy atom. The zero-order valence-corrected chi connectivity index (χ0v) is 14.6. The molecular formula is C15H13Br2F2NO. The molecule has 2 rings (SSSR count). The van der Waals surface area contributed by atoms with Crippen LogP contribution in [0.4, 0.5) is 8.78 Å². The van der Waals surface area contributed by atoms with Crippen molar-refractivity contribution < 1.29 is 13.5 Å². The van der Waals surface area contributed by atoms with Crippen molar-refractivity contribution in [3.63, 3.8) is 0 Å². The van der Waals surface area contributed by atoms with Gasteiger partial charge < -0.3 is 10.1 Å². The van der Waals surface area contributed by atoms with Crippen molar-refractivity contribution >= 4 is 31.9 Å². The van der Waals surface area contributed by atoms with Gasteiger partial charge in [-0.2, -0.15) is 0 Å². The summed E-state index contributed by atoms with van der Waals surface area (Å²) in [6.07, 6.45) is 0. The number of rotatable bonds is 4. The highest BCUT2D eigenvalue weighted by Crippen LogP contribution is 2.32. The average Bonchev–Trinajstić information content (AvgIpc) is 2.45. The maximum atomic E-state index is 14.1. The molecule has 0 aliphatic heterocycles. The molecule has 0 radical (unpaired) electrons. The predicted molar refractivity (Wildman–Crippen MR) is 85.7 cm³/mol. The fraction of sp³-hybridized carbons (Fsp3) is 0.200. The highest BCUT2D eigenvalue weighted by Gasteiger charge is 2.19. The number of halogens is 4. The minimum absolute atomic E-state index is 0.106. The SMILES string of the molecule is CNC(c1ccc(OC)c(Br)c1)c1cc(F)c(Br)cc1F. The van der Waals surface area contributed by atoms with E-state index >= 15 is 0 Å². The van der Waals surface area contributed by atoms with E-state index in [2.05, 4.69) is 37.2 Å². The van der Waals surface area contributed by atoms with E-state index < -0.39 is 17.7 Å². The van der Waals surface area contributed by atoms with Crippen LogP contribution in [0.25, 0.3) is 0 Å². The summed E-state index contributed by atoms with van der Waals surface area (Å²) in [5.41, 5.74) is 1.04. The van der Waals surface area contributed by atoms with E-state index in [1.165, 1.54) is 6.07 Å². The molecule has 0 aliphatic rings. The molecule has 21 heavy (non-hydrogen) atoms. The lowest BCUT2D eigenvalue weighted by atomic mass is 9.98. The van der Waals surface area contributed by atoms with E-state index in [9.17, 15) is 8.78 Å². The van der Waals surface area contributed by atoms with Crippen molar-refractivity contribution in [3.05, 3.63) is 62.0 Å². The summed E-state index contributed by atoms with van der Waals surface area (Å²) >= 11 is 6.37. The topological polar surface area (TPSA) is 21.3 Å². The van der Waals surface area contributed by atoms with Gasteiger partial charge in [0, 0.05) is 5.56 Å². The van der Waals surface area contributed by atoms with Gasteiger partial charge in [-0.3, -0.25) is 0 Å². The molecule has 1 unspecified atom stereocenters. The lowest BCUT2D eigenvalue weighted by molar-refractivity contribution is 0.412. The Balaban J connectivity index is 2.49. The van der Waals surface area contributed by atoms with E-state index in [0.717, 1.165) is 16.1 Å². The molecule has 0 saturated carbocycles. The van der Waals surface area contributed by atoms with Crippen LogP contribution in [0.3, 0.4) is 0 Å². The second-order valence-electron chi connectivity index (χ2n) is 4.40. The summed E-state index contributed by atoms with van der Waals surface area (Å²) < 4.78 is 33.9. The summed E-state index contributed by atoms with van der Waals surface area (Å²) in [7, 11) is 3.27. The van der Waals surface area contributed by atoms with Crippen LogP contribution < -0.4 is 10.1 Å². The molecule has 112 valence electrons. The Labute approximate surface area is 138 Å². The molecular weight excluding hydrogens is 408 g/mol. The molecule has 6 heteroatoms. The van der Waals surface area contributed by atoms with Gasteiger partial charge in [0.15, 0.2) is 0 Å². The first-order chi connectivity index (χ1) is 9.97. The maximum absolute atomic E-state index is 14.1. The van der Waals surface area contributed by atoms with Gasteiger partial charge in [0.2, 0.25) is 0 Å². The standard InChI is InChI=1S/C15H13Br2F2NO/c1-20-15(8-3-4-14(21-2)11(17)5-8)9-6-13(19)10(16)7-12(9)18/h3-7,15,20H,1-2H3. The first kappa shape index (κ1) is 16.4. The summed E-state index contributed by atoms with van der Waals surface area (Å²) in [4.78, 5) is 0. The Kier molecular flexibility index (Phi) is 5.35. The van der Waals surface area contributed by atoms with E-state index in [-0.39, 0.29) is 10.0 Å². The van der Waals surface area contributed by atoms with Crippen LogP contribution in [0, 0.1) is 11.6 Å². The van der Waals surface area contributed by atoms with Gasteiger partial charge in [-0.15, -0.1) is 0 Å². The Hall–Kier alpha value is -0.980. The van der Waals surface area contributed by atoms with Crippen molar-refractivity contribution in [1.82, 2.24) is 5.32 Å². The fourth-order valence-electron chi connectivity index (χ4n) is 2.12. The Bertz CT molecular complexity index is 664. The number of nitrogens with one attached hydrogen (secondary N) is 1. The second kappa shape index (κ2) is 6.85. The lowest BCUT2D eigenvalue weighted by Gasteiger charge is -2.19. The summed E-state index contributed by atoms with van der Waals surface area (Å²) in [6, 6.07) is 7.27. The molecule has 2 aromatic rings. The molecule has 1 N–H and O–H groups in total. The van der Waals surface area contributed by atoms with Gasteiger partial charge in [-0.25, -0.2) is 8.78 Å². The van der Waals surface area contributed by atoms with Gasteiger partial charge in [0.25, 0.3) is 0 Å². The van der Waals surface area contributed by atoms with Crippen LogP contribution in [0.15, 0.2) is 39.3 Å². The van der Waals surface area contributed by atoms with Crippen LogP contribution in [0.1, 0.15) is 17.2 Å². The average molecular weight is 421 g/mol. The largest absolute Gasteiger partial charge is 0.496 e. The summed E-state index contributed by atoms with van der Waals surface area (Å²) in [5, 5.41) is 3.00. The zero-order valence-electron chi connectivity index (χ0n) is 11.4. The van der Waals surface area contributed by atoms with Gasteiger partial charge >= 0.3 is 0 Å². The molecule has 1 atom stereocenters. The fourth-order valence-corrected chi connectivity index (χ4v) is 3.00. The molecule has 2 nitrogen and oxygen atoms in total. The minimum atomic E-state index is -0.501. The van der Waals surface area contributed by atoms with E-state index in [0.29, 0.717) is 5.75 Å². The second-order valence-corrected chi connectivity index (χ2v) is 6.11. The van der Waals surface area contributed by atoms with Crippen molar-refractivity contribution in [2.45, 2.75) is 6.04 Å². The van der Waals surface area contributed by atoms with Crippen LogP contribution in [-0.2, 0) is 0 Å². The Morgan fingerprint density at radius 3 is 2.33 bits per heavy atom. The molecule has 2 aromatic carbocycles. The number of hydrogen-bond donors (Lipinski definition) is 1. The molecule has 0 fully saturated rings. The van der Waals surface area contributed by atoms with Crippen LogP contribution in [0.2, 0.25) is 0 Å². The highest BCUT2D eigenvalue weighted by molar-refractivity contribution is 9.10. The Morgan fingerprint density at radius 1 is 1.05 bits per heavy atom. The van der Waals surface area contributed by atoms with E-state index in [4.69, 9.17) is 4.74 Å². The monoisotopic (exact) mass is 419 g/mol. The lowest BCUT2D eigenvalue weighted by Crippen LogP contribution is -2.19. The molecule has 0 bridgehead atoms. The minimum Gasteiger partial charge on any atom is -0.496 e. The maximum Gasteiger partial charge on any atom is 0.137 e. The number of ether oxygens (including phenoxy) is 1. The number of hydrogen-bond acceptors (Lipinski definition) is 2. The van der Waals surface area contributed by atoms with Gasteiger partial charge in [-0.1, -0.05) is 6.07 Å². The summed E-state index contributed by atoms with van der Waals surface area (Å²) in [6.45, 7) is 0.